The molecule has 0 saturated carbocycles. The van der Waals surface area contributed by atoms with E-state index in [1.807, 2.05) is 25.1 Å². The zero-order valence-corrected chi connectivity index (χ0v) is 13.7. The lowest BCUT2D eigenvalue weighted by Gasteiger charge is -2.39. The van der Waals surface area contributed by atoms with Crippen molar-refractivity contribution in [2.75, 3.05) is 47.5 Å². The number of rotatable bonds is 4. The van der Waals surface area contributed by atoms with E-state index >= 15 is 0 Å². The van der Waals surface area contributed by atoms with E-state index < -0.39 is 0 Å². The first-order valence-corrected chi connectivity index (χ1v) is 7.44. The summed E-state index contributed by atoms with van der Waals surface area (Å²) in [4.78, 5) is 15.9. The van der Waals surface area contributed by atoms with E-state index in [9.17, 15) is 4.79 Å². The summed E-state index contributed by atoms with van der Waals surface area (Å²) in [7, 11) is 5.30. The molecule has 6 nitrogen and oxygen atoms in total. The zero-order valence-electron chi connectivity index (χ0n) is 13.7. The number of piperazine rings is 1. The third-order valence-electron chi connectivity index (χ3n) is 3.97. The van der Waals surface area contributed by atoms with Crippen LogP contribution in [-0.2, 0) is 4.74 Å². The molecule has 6 heteroatoms. The Hall–Kier alpha value is -1.95. The number of amides is 1. The fourth-order valence-corrected chi connectivity index (χ4v) is 2.67. The van der Waals surface area contributed by atoms with E-state index in [2.05, 4.69) is 11.9 Å². The average Bonchev–Trinajstić information content (AvgIpc) is 2.54. The topological polar surface area (TPSA) is 51.2 Å². The largest absolute Gasteiger partial charge is 0.493 e. The highest BCUT2D eigenvalue weighted by atomic mass is 16.6. The molecule has 22 heavy (non-hydrogen) atoms. The lowest BCUT2D eigenvalue weighted by molar-refractivity contribution is 0.0629. The third kappa shape index (κ3) is 3.44. The molecule has 1 atom stereocenters. The Morgan fingerprint density at radius 3 is 2.59 bits per heavy atom. The lowest BCUT2D eigenvalue weighted by atomic mass is 10.0. The van der Waals surface area contributed by atoms with Gasteiger partial charge < -0.3 is 19.1 Å². The number of hydrogen-bond acceptors (Lipinski definition) is 5. The van der Waals surface area contributed by atoms with Crippen LogP contribution < -0.4 is 9.47 Å². The normalized spacial score (nSPS) is 18.9. The number of ether oxygens (including phenoxy) is 3. The van der Waals surface area contributed by atoms with Crippen LogP contribution in [0.3, 0.4) is 0 Å². The second-order valence-corrected chi connectivity index (χ2v) is 5.26. The molecule has 0 spiro atoms. The third-order valence-corrected chi connectivity index (χ3v) is 3.97. The Morgan fingerprint density at radius 1 is 1.23 bits per heavy atom. The highest BCUT2D eigenvalue weighted by molar-refractivity contribution is 5.67. The van der Waals surface area contributed by atoms with Crippen molar-refractivity contribution in [3.05, 3.63) is 23.8 Å². The Labute approximate surface area is 131 Å². The molecule has 1 amide bonds. The van der Waals surface area contributed by atoms with E-state index in [0.717, 1.165) is 12.1 Å². The first-order chi connectivity index (χ1) is 10.6. The van der Waals surface area contributed by atoms with Gasteiger partial charge in [0.25, 0.3) is 0 Å². The molecule has 1 fully saturated rings. The standard InChI is InChI=1S/C16H24N2O4/c1-5-22-16(19)18-9-8-17(2)13(11-18)12-6-7-14(20-3)15(10-12)21-4/h6-7,10,13H,5,8-9,11H2,1-4H3. The summed E-state index contributed by atoms with van der Waals surface area (Å²) in [6.07, 6.45) is -0.249. The number of hydrogen-bond donors (Lipinski definition) is 0. The lowest BCUT2D eigenvalue weighted by Crippen LogP contribution is -2.49. The highest BCUT2D eigenvalue weighted by Crippen LogP contribution is 2.33. The molecule has 1 aliphatic rings. The average molecular weight is 308 g/mol. The summed E-state index contributed by atoms with van der Waals surface area (Å²) < 4.78 is 15.7. The Balaban J connectivity index is 2.20. The molecule has 1 aromatic carbocycles. The van der Waals surface area contributed by atoms with Crippen molar-refractivity contribution in [1.82, 2.24) is 9.80 Å². The molecule has 1 aromatic rings. The number of nitrogens with zero attached hydrogens (tertiary/aromatic N) is 2. The minimum Gasteiger partial charge on any atom is -0.493 e. The van der Waals surface area contributed by atoms with Gasteiger partial charge in [0.05, 0.1) is 26.9 Å². The maximum atomic E-state index is 11.9. The summed E-state index contributed by atoms with van der Waals surface area (Å²) >= 11 is 0. The number of carbonyl (C=O) groups is 1. The minimum atomic E-state index is -0.249. The predicted molar refractivity (Wildman–Crippen MR) is 83.5 cm³/mol. The van der Waals surface area contributed by atoms with E-state index in [1.54, 1.807) is 19.1 Å². The predicted octanol–water partition coefficient (Wildman–Crippen LogP) is 2.15. The number of methoxy groups -OCH3 is 2. The first-order valence-electron chi connectivity index (χ1n) is 7.44. The van der Waals surface area contributed by atoms with Gasteiger partial charge >= 0.3 is 6.09 Å². The first kappa shape index (κ1) is 16.4. The molecular weight excluding hydrogens is 284 g/mol. The summed E-state index contributed by atoms with van der Waals surface area (Å²) in [6, 6.07) is 5.98. The molecule has 0 aliphatic carbocycles. The molecule has 1 unspecified atom stereocenters. The van der Waals surface area contributed by atoms with Crippen LogP contribution in [0.15, 0.2) is 18.2 Å². The van der Waals surface area contributed by atoms with Crippen LogP contribution in [0.1, 0.15) is 18.5 Å². The van der Waals surface area contributed by atoms with Gasteiger partial charge in [-0.05, 0) is 31.7 Å². The highest BCUT2D eigenvalue weighted by Gasteiger charge is 2.29. The van der Waals surface area contributed by atoms with Gasteiger partial charge in [-0.1, -0.05) is 6.07 Å². The molecule has 1 aliphatic heterocycles. The molecular formula is C16H24N2O4. The minimum absolute atomic E-state index is 0.109. The monoisotopic (exact) mass is 308 g/mol. The van der Waals surface area contributed by atoms with Gasteiger partial charge in [-0.2, -0.15) is 0 Å². The summed E-state index contributed by atoms with van der Waals surface area (Å²) in [5, 5.41) is 0. The Morgan fingerprint density at radius 2 is 1.95 bits per heavy atom. The van der Waals surface area contributed by atoms with E-state index in [0.29, 0.717) is 31.2 Å². The molecule has 1 saturated heterocycles. The van der Waals surface area contributed by atoms with Gasteiger partial charge in [0.2, 0.25) is 0 Å². The molecule has 1 heterocycles. The number of likely N-dealkylation sites (N-methyl/N-ethyl adjacent to an activating group) is 1. The van der Waals surface area contributed by atoms with Gasteiger partial charge in [-0.25, -0.2) is 4.79 Å². The molecule has 122 valence electrons. The second kappa shape index (κ2) is 7.35. The van der Waals surface area contributed by atoms with Crippen molar-refractivity contribution in [3.8, 4) is 11.5 Å². The fourth-order valence-electron chi connectivity index (χ4n) is 2.67. The smallest absolute Gasteiger partial charge is 0.409 e. The second-order valence-electron chi connectivity index (χ2n) is 5.26. The summed E-state index contributed by atoms with van der Waals surface area (Å²) in [6.45, 7) is 4.30. The molecule has 0 aromatic heterocycles. The van der Waals surface area contributed by atoms with Crippen molar-refractivity contribution in [3.63, 3.8) is 0 Å². The van der Waals surface area contributed by atoms with E-state index in [4.69, 9.17) is 14.2 Å². The fraction of sp³-hybridized carbons (Fsp3) is 0.562. The maximum absolute atomic E-state index is 11.9. The number of benzene rings is 1. The molecule has 0 bridgehead atoms. The van der Waals surface area contributed by atoms with Crippen LogP contribution in [0.25, 0.3) is 0 Å². The van der Waals surface area contributed by atoms with Crippen molar-refractivity contribution < 1.29 is 19.0 Å². The van der Waals surface area contributed by atoms with Crippen molar-refractivity contribution in [2.24, 2.45) is 0 Å². The Bertz CT molecular complexity index is 521. The Kier molecular flexibility index (Phi) is 5.49. The van der Waals surface area contributed by atoms with Gasteiger partial charge in [0.1, 0.15) is 0 Å². The van der Waals surface area contributed by atoms with Crippen LogP contribution in [-0.4, -0.2) is 63.4 Å². The molecule has 0 radical (unpaired) electrons. The van der Waals surface area contributed by atoms with Crippen molar-refractivity contribution in [1.29, 1.82) is 0 Å². The van der Waals surface area contributed by atoms with Crippen molar-refractivity contribution >= 4 is 6.09 Å². The van der Waals surface area contributed by atoms with Gasteiger partial charge in [0, 0.05) is 19.6 Å². The van der Waals surface area contributed by atoms with Gasteiger partial charge in [-0.3, -0.25) is 4.90 Å². The molecule has 0 N–H and O–H groups in total. The van der Waals surface area contributed by atoms with Crippen LogP contribution in [0.2, 0.25) is 0 Å². The van der Waals surface area contributed by atoms with E-state index in [1.165, 1.54) is 0 Å². The van der Waals surface area contributed by atoms with Crippen LogP contribution in [0.4, 0.5) is 4.79 Å². The SMILES string of the molecule is CCOC(=O)N1CCN(C)C(c2ccc(OC)c(OC)c2)C1. The quantitative estimate of drug-likeness (QED) is 0.853. The summed E-state index contributed by atoms with van der Waals surface area (Å²) in [5.74, 6) is 1.40. The van der Waals surface area contributed by atoms with Crippen LogP contribution in [0, 0.1) is 0 Å². The zero-order chi connectivity index (χ0) is 16.1. The number of carbonyl (C=O) groups excluding carboxylic acids is 1. The maximum Gasteiger partial charge on any atom is 0.409 e. The van der Waals surface area contributed by atoms with E-state index in [-0.39, 0.29) is 12.1 Å². The van der Waals surface area contributed by atoms with Gasteiger partial charge in [0.15, 0.2) is 11.5 Å². The molecule has 2 rings (SSSR count). The van der Waals surface area contributed by atoms with Crippen molar-refractivity contribution in [2.45, 2.75) is 13.0 Å². The van der Waals surface area contributed by atoms with Crippen LogP contribution in [0.5, 0.6) is 11.5 Å². The summed E-state index contributed by atoms with van der Waals surface area (Å²) in [5.41, 5.74) is 1.09. The van der Waals surface area contributed by atoms with Gasteiger partial charge in [-0.15, -0.1) is 0 Å². The van der Waals surface area contributed by atoms with Crippen LogP contribution >= 0.6 is 0 Å².